The molecule has 3 aromatic carbocycles. The van der Waals surface area contributed by atoms with E-state index >= 15 is 0 Å². The average Bonchev–Trinajstić information content (AvgIpc) is 3.34. The number of para-hydroxylation sites is 1. The monoisotopic (exact) mass is 526 g/mol. The summed E-state index contributed by atoms with van der Waals surface area (Å²) in [6.07, 6.45) is 2.72. The van der Waals surface area contributed by atoms with Gasteiger partial charge in [0.15, 0.2) is 0 Å². The largest absolute Gasteiger partial charge is 0.383 e. The lowest BCUT2D eigenvalue weighted by Gasteiger charge is -2.28. The highest BCUT2D eigenvalue weighted by Gasteiger charge is 2.22. The Balaban J connectivity index is 1.51. The third-order valence-corrected chi connectivity index (χ3v) is 6.97. The van der Waals surface area contributed by atoms with Crippen LogP contribution in [0.15, 0.2) is 72.9 Å². The van der Waals surface area contributed by atoms with Crippen molar-refractivity contribution >= 4 is 28.5 Å². The van der Waals surface area contributed by atoms with Crippen LogP contribution in [0, 0.1) is 20.8 Å². The van der Waals surface area contributed by atoms with Crippen LogP contribution in [-0.2, 0) is 22.5 Å². The normalized spacial score (nSPS) is 11.0. The standard InChI is InChI=1S/C32H38N4O3/c1-23-9-12-26(13-10-23)21-35(16-15-27-20-33-30-8-6-5-7-28(27)30)31(37)22-36(17-18-39-4)32(38)34-29-14-11-24(2)19-25(29)3/h5-14,19-20,33H,15-18,21-22H2,1-4H3,(H,34,38). The number of aromatic nitrogens is 1. The molecular formula is C32H38N4O3. The second-order valence-electron chi connectivity index (χ2n) is 10.1. The van der Waals surface area contributed by atoms with Gasteiger partial charge in [-0.2, -0.15) is 0 Å². The number of H-pyrrole nitrogens is 1. The molecule has 0 atom stereocenters. The summed E-state index contributed by atoms with van der Waals surface area (Å²) in [5.41, 5.74) is 7.30. The molecule has 0 spiro atoms. The molecule has 39 heavy (non-hydrogen) atoms. The molecule has 0 saturated heterocycles. The van der Waals surface area contributed by atoms with Gasteiger partial charge in [-0.1, -0.05) is 65.7 Å². The Hall–Kier alpha value is -4.10. The fourth-order valence-electron chi connectivity index (χ4n) is 4.66. The predicted octanol–water partition coefficient (Wildman–Crippen LogP) is 5.84. The first kappa shape index (κ1) is 27.9. The second-order valence-corrected chi connectivity index (χ2v) is 10.1. The molecule has 3 amide bonds. The first-order valence-electron chi connectivity index (χ1n) is 13.3. The van der Waals surface area contributed by atoms with E-state index < -0.39 is 0 Å². The summed E-state index contributed by atoms with van der Waals surface area (Å²) in [5.74, 6) is -0.109. The van der Waals surface area contributed by atoms with E-state index in [0.29, 0.717) is 32.7 Å². The van der Waals surface area contributed by atoms with Gasteiger partial charge in [0.2, 0.25) is 5.91 Å². The molecule has 4 rings (SSSR count). The van der Waals surface area contributed by atoms with Crippen LogP contribution in [0.4, 0.5) is 10.5 Å². The Morgan fingerprint density at radius 2 is 1.64 bits per heavy atom. The molecule has 0 fully saturated rings. The number of hydrogen-bond acceptors (Lipinski definition) is 3. The summed E-state index contributed by atoms with van der Waals surface area (Å²) >= 11 is 0. The fourth-order valence-corrected chi connectivity index (χ4v) is 4.66. The summed E-state index contributed by atoms with van der Waals surface area (Å²) in [7, 11) is 1.59. The third-order valence-electron chi connectivity index (χ3n) is 6.97. The molecule has 0 radical (unpaired) electrons. The summed E-state index contributed by atoms with van der Waals surface area (Å²) in [5, 5.41) is 4.14. The van der Waals surface area contributed by atoms with Gasteiger partial charge < -0.3 is 24.8 Å². The Labute approximate surface area is 230 Å². The molecule has 0 aliphatic carbocycles. The molecule has 1 aromatic heterocycles. The highest BCUT2D eigenvalue weighted by molar-refractivity contribution is 5.93. The van der Waals surface area contributed by atoms with Crippen molar-refractivity contribution in [2.75, 3.05) is 38.7 Å². The molecule has 7 nitrogen and oxygen atoms in total. The van der Waals surface area contributed by atoms with E-state index in [2.05, 4.69) is 46.7 Å². The number of hydrogen-bond donors (Lipinski definition) is 2. The molecule has 204 valence electrons. The maximum absolute atomic E-state index is 13.7. The molecule has 1 heterocycles. The molecule has 0 saturated carbocycles. The topological polar surface area (TPSA) is 77.7 Å². The van der Waals surface area contributed by atoms with Gasteiger partial charge in [-0.05, 0) is 56.0 Å². The maximum Gasteiger partial charge on any atom is 0.322 e. The maximum atomic E-state index is 13.7. The van der Waals surface area contributed by atoms with E-state index in [1.165, 1.54) is 10.5 Å². The summed E-state index contributed by atoms with van der Waals surface area (Å²) in [6.45, 7) is 7.62. The van der Waals surface area contributed by atoms with Crippen molar-refractivity contribution in [3.8, 4) is 0 Å². The number of rotatable bonds is 11. The van der Waals surface area contributed by atoms with Gasteiger partial charge in [0.25, 0.3) is 0 Å². The number of methoxy groups -OCH3 is 1. The molecule has 2 N–H and O–H groups in total. The van der Waals surface area contributed by atoms with Gasteiger partial charge in [0.05, 0.1) is 6.61 Å². The van der Waals surface area contributed by atoms with Gasteiger partial charge in [0, 0.05) is 49.5 Å². The highest BCUT2D eigenvalue weighted by Crippen LogP contribution is 2.20. The van der Waals surface area contributed by atoms with Crippen molar-refractivity contribution in [2.45, 2.75) is 33.7 Å². The average molecular weight is 527 g/mol. The molecule has 0 unspecified atom stereocenters. The van der Waals surface area contributed by atoms with Crippen molar-refractivity contribution in [3.05, 3.63) is 101 Å². The Bertz CT molecular complexity index is 1410. The Morgan fingerprint density at radius 3 is 2.38 bits per heavy atom. The van der Waals surface area contributed by atoms with Crippen molar-refractivity contribution < 1.29 is 14.3 Å². The molecule has 0 bridgehead atoms. The summed E-state index contributed by atoms with van der Waals surface area (Å²) in [6, 6.07) is 21.9. The van der Waals surface area contributed by atoms with E-state index in [1.807, 2.05) is 62.2 Å². The van der Waals surface area contributed by atoms with Crippen LogP contribution in [0.3, 0.4) is 0 Å². The van der Waals surface area contributed by atoms with Crippen molar-refractivity contribution in [2.24, 2.45) is 0 Å². The zero-order valence-corrected chi connectivity index (χ0v) is 23.3. The number of aromatic amines is 1. The SMILES string of the molecule is COCCN(CC(=O)N(CCc1c[nH]c2ccccc12)Cc1ccc(C)cc1)C(=O)Nc1ccc(C)cc1C. The lowest BCUT2D eigenvalue weighted by atomic mass is 10.1. The Morgan fingerprint density at radius 1 is 0.897 bits per heavy atom. The first-order chi connectivity index (χ1) is 18.8. The summed E-state index contributed by atoms with van der Waals surface area (Å²) < 4.78 is 5.25. The van der Waals surface area contributed by atoms with Crippen molar-refractivity contribution in [3.63, 3.8) is 0 Å². The van der Waals surface area contributed by atoms with E-state index in [4.69, 9.17) is 4.74 Å². The highest BCUT2D eigenvalue weighted by atomic mass is 16.5. The number of benzene rings is 3. The minimum Gasteiger partial charge on any atom is -0.383 e. The Kier molecular flexibility index (Phi) is 9.39. The predicted molar refractivity (Wildman–Crippen MR) is 157 cm³/mol. The van der Waals surface area contributed by atoms with Crippen LogP contribution >= 0.6 is 0 Å². The van der Waals surface area contributed by atoms with Crippen LogP contribution in [0.2, 0.25) is 0 Å². The second kappa shape index (κ2) is 13.1. The van der Waals surface area contributed by atoms with E-state index in [1.54, 1.807) is 7.11 Å². The molecule has 0 aliphatic rings. The number of anilines is 1. The van der Waals surface area contributed by atoms with Gasteiger partial charge in [0.1, 0.15) is 6.54 Å². The van der Waals surface area contributed by atoms with Crippen LogP contribution < -0.4 is 5.32 Å². The minimum absolute atomic E-state index is 0.0418. The zero-order valence-electron chi connectivity index (χ0n) is 23.3. The minimum atomic E-state index is -0.320. The van der Waals surface area contributed by atoms with E-state index in [-0.39, 0.29) is 18.5 Å². The fraction of sp³-hybridized carbons (Fsp3) is 0.312. The molecule has 4 aromatic rings. The van der Waals surface area contributed by atoms with Crippen molar-refractivity contribution in [1.29, 1.82) is 0 Å². The smallest absolute Gasteiger partial charge is 0.322 e. The van der Waals surface area contributed by atoms with E-state index in [9.17, 15) is 9.59 Å². The van der Waals surface area contributed by atoms with Gasteiger partial charge in [-0.15, -0.1) is 0 Å². The lowest BCUT2D eigenvalue weighted by Crippen LogP contribution is -2.46. The van der Waals surface area contributed by atoms with Crippen LogP contribution in [-0.4, -0.2) is 60.1 Å². The summed E-state index contributed by atoms with van der Waals surface area (Å²) in [4.78, 5) is 33.7. The van der Waals surface area contributed by atoms with Gasteiger partial charge in [-0.3, -0.25) is 4.79 Å². The number of urea groups is 1. The van der Waals surface area contributed by atoms with Crippen LogP contribution in [0.5, 0.6) is 0 Å². The lowest BCUT2D eigenvalue weighted by molar-refractivity contribution is -0.132. The van der Waals surface area contributed by atoms with Crippen LogP contribution in [0.25, 0.3) is 10.9 Å². The number of carbonyl (C=O) groups is 2. The van der Waals surface area contributed by atoms with E-state index in [0.717, 1.165) is 38.8 Å². The third kappa shape index (κ3) is 7.48. The number of carbonyl (C=O) groups excluding carboxylic acids is 2. The number of ether oxygens (including phenoxy) is 1. The molecular weight excluding hydrogens is 488 g/mol. The number of nitrogens with zero attached hydrogens (tertiary/aromatic N) is 2. The quantitative estimate of drug-likeness (QED) is 0.258. The van der Waals surface area contributed by atoms with Crippen molar-refractivity contribution in [1.82, 2.24) is 14.8 Å². The van der Waals surface area contributed by atoms with Crippen LogP contribution in [0.1, 0.15) is 27.8 Å². The first-order valence-corrected chi connectivity index (χ1v) is 13.3. The molecule has 7 heteroatoms. The number of amides is 3. The molecule has 0 aliphatic heterocycles. The zero-order chi connectivity index (χ0) is 27.8. The van der Waals surface area contributed by atoms with Gasteiger partial charge >= 0.3 is 6.03 Å². The number of aryl methyl sites for hydroxylation is 3. The number of nitrogens with one attached hydrogen (secondary N) is 2. The number of fused-ring (bicyclic) bond motifs is 1. The van der Waals surface area contributed by atoms with Gasteiger partial charge in [-0.25, -0.2) is 4.79 Å².